The van der Waals surface area contributed by atoms with E-state index in [1.165, 1.54) is 19.3 Å². The van der Waals surface area contributed by atoms with Crippen LogP contribution in [0, 0.1) is 11.8 Å². The molecular weight excluding hydrogens is 142 g/mol. The molecule has 0 heterocycles. The molecule has 0 bridgehead atoms. The Morgan fingerprint density at radius 1 is 1.64 bits per heavy atom. The van der Waals surface area contributed by atoms with E-state index in [9.17, 15) is 4.79 Å². The van der Waals surface area contributed by atoms with Crippen LogP contribution in [0.1, 0.15) is 26.2 Å². The molecule has 0 spiro atoms. The Morgan fingerprint density at radius 3 is 2.82 bits per heavy atom. The van der Waals surface area contributed by atoms with Crippen LogP contribution in [-0.4, -0.2) is 12.7 Å². The van der Waals surface area contributed by atoms with Crippen LogP contribution in [0.3, 0.4) is 0 Å². The third-order valence-corrected chi connectivity index (χ3v) is 2.26. The van der Waals surface area contributed by atoms with E-state index in [1.807, 2.05) is 0 Å². The molecule has 1 aliphatic rings. The highest BCUT2D eigenvalue weighted by Crippen LogP contribution is 2.30. The first-order chi connectivity index (χ1) is 5.18. The minimum absolute atomic E-state index is 0.514. The Balaban J connectivity index is 2.13. The van der Waals surface area contributed by atoms with E-state index in [1.54, 1.807) is 0 Å². The number of nitrogens with two attached hydrogens (primary N) is 1. The first kappa shape index (κ1) is 8.37. The summed E-state index contributed by atoms with van der Waals surface area (Å²) in [6.07, 6.45) is 2.96. The van der Waals surface area contributed by atoms with Crippen molar-refractivity contribution in [2.45, 2.75) is 26.2 Å². The maximum atomic E-state index is 10.2. The molecule has 1 saturated carbocycles. The van der Waals surface area contributed by atoms with Crippen LogP contribution < -0.4 is 5.73 Å². The van der Waals surface area contributed by atoms with Crippen LogP contribution in [-0.2, 0) is 4.74 Å². The van der Waals surface area contributed by atoms with Crippen molar-refractivity contribution in [3.8, 4) is 0 Å². The summed E-state index contributed by atoms with van der Waals surface area (Å²) in [4.78, 5) is 10.2. The normalized spacial score (nSPS) is 30.3. The Hall–Kier alpha value is -0.730. The predicted molar refractivity (Wildman–Crippen MR) is 42.0 cm³/mol. The molecule has 3 nitrogen and oxygen atoms in total. The number of amides is 1. The van der Waals surface area contributed by atoms with Gasteiger partial charge in [-0.05, 0) is 24.7 Å². The van der Waals surface area contributed by atoms with Crippen molar-refractivity contribution in [2.24, 2.45) is 17.6 Å². The standard InChI is InChI=1S/C8H15NO2/c1-6-2-3-7(4-6)5-11-8(9)10/h6-7H,2-5H2,1H3,(H2,9,10). The van der Waals surface area contributed by atoms with E-state index >= 15 is 0 Å². The average molecular weight is 157 g/mol. The van der Waals surface area contributed by atoms with E-state index in [-0.39, 0.29) is 0 Å². The molecule has 2 atom stereocenters. The zero-order valence-corrected chi connectivity index (χ0v) is 6.88. The summed E-state index contributed by atoms with van der Waals surface area (Å²) in [6, 6.07) is 0. The van der Waals surface area contributed by atoms with Crippen LogP contribution in [0.4, 0.5) is 4.79 Å². The summed E-state index contributed by atoms with van der Waals surface area (Å²) in [6.45, 7) is 2.74. The van der Waals surface area contributed by atoms with Gasteiger partial charge in [0.2, 0.25) is 0 Å². The molecule has 0 aliphatic heterocycles. The van der Waals surface area contributed by atoms with Gasteiger partial charge in [-0.3, -0.25) is 0 Å². The van der Waals surface area contributed by atoms with Gasteiger partial charge in [-0.15, -0.1) is 0 Å². The molecular formula is C8H15NO2. The van der Waals surface area contributed by atoms with E-state index in [2.05, 4.69) is 6.92 Å². The van der Waals surface area contributed by atoms with Crippen LogP contribution in [0.2, 0.25) is 0 Å². The fraction of sp³-hybridized carbons (Fsp3) is 0.875. The first-order valence-electron chi connectivity index (χ1n) is 4.10. The number of ether oxygens (including phenoxy) is 1. The molecule has 0 aromatic heterocycles. The molecule has 0 radical (unpaired) electrons. The lowest BCUT2D eigenvalue weighted by atomic mass is 10.1. The molecule has 2 unspecified atom stereocenters. The van der Waals surface area contributed by atoms with E-state index in [4.69, 9.17) is 10.5 Å². The van der Waals surface area contributed by atoms with Gasteiger partial charge in [0.1, 0.15) is 0 Å². The van der Waals surface area contributed by atoms with Crippen LogP contribution in [0.25, 0.3) is 0 Å². The largest absolute Gasteiger partial charge is 0.449 e. The molecule has 0 aromatic carbocycles. The average Bonchev–Trinajstić information content (AvgIpc) is 2.31. The lowest BCUT2D eigenvalue weighted by Crippen LogP contribution is -2.17. The topological polar surface area (TPSA) is 52.3 Å². The van der Waals surface area contributed by atoms with Gasteiger partial charge in [-0.2, -0.15) is 0 Å². The number of primary amides is 1. The van der Waals surface area contributed by atoms with E-state index < -0.39 is 6.09 Å². The highest BCUT2D eigenvalue weighted by Gasteiger charge is 2.21. The SMILES string of the molecule is CC1CCC(COC(N)=O)C1. The summed E-state index contributed by atoms with van der Waals surface area (Å²) in [5.41, 5.74) is 4.84. The molecule has 0 aromatic rings. The maximum absolute atomic E-state index is 10.2. The number of hydrogen-bond acceptors (Lipinski definition) is 2. The zero-order chi connectivity index (χ0) is 8.27. The highest BCUT2D eigenvalue weighted by molar-refractivity contribution is 5.64. The Labute approximate surface area is 66.9 Å². The van der Waals surface area contributed by atoms with Gasteiger partial charge < -0.3 is 10.5 Å². The third-order valence-electron chi connectivity index (χ3n) is 2.26. The van der Waals surface area contributed by atoms with Crippen molar-refractivity contribution in [3.63, 3.8) is 0 Å². The van der Waals surface area contributed by atoms with Crippen molar-refractivity contribution in [1.29, 1.82) is 0 Å². The second kappa shape index (κ2) is 3.60. The number of carbonyl (C=O) groups excluding carboxylic acids is 1. The van der Waals surface area contributed by atoms with Gasteiger partial charge in [0.15, 0.2) is 0 Å². The molecule has 11 heavy (non-hydrogen) atoms. The van der Waals surface area contributed by atoms with Crippen molar-refractivity contribution in [1.82, 2.24) is 0 Å². The van der Waals surface area contributed by atoms with Crippen LogP contribution in [0.5, 0.6) is 0 Å². The van der Waals surface area contributed by atoms with Crippen molar-refractivity contribution in [2.75, 3.05) is 6.61 Å². The number of rotatable bonds is 2. The van der Waals surface area contributed by atoms with Gasteiger partial charge in [0.05, 0.1) is 6.61 Å². The second-order valence-electron chi connectivity index (χ2n) is 3.41. The summed E-state index contributed by atoms with van der Waals surface area (Å²) in [5.74, 6) is 1.34. The second-order valence-corrected chi connectivity index (χ2v) is 3.41. The molecule has 1 amide bonds. The maximum Gasteiger partial charge on any atom is 0.404 e. The first-order valence-corrected chi connectivity index (χ1v) is 4.10. The molecule has 3 heteroatoms. The van der Waals surface area contributed by atoms with Gasteiger partial charge >= 0.3 is 6.09 Å². The Kier molecular flexibility index (Phi) is 2.74. The zero-order valence-electron chi connectivity index (χ0n) is 6.88. The van der Waals surface area contributed by atoms with Crippen molar-refractivity contribution in [3.05, 3.63) is 0 Å². The monoisotopic (exact) mass is 157 g/mol. The Morgan fingerprint density at radius 2 is 2.36 bits per heavy atom. The van der Waals surface area contributed by atoms with Gasteiger partial charge in [0, 0.05) is 0 Å². The molecule has 1 rings (SSSR count). The lowest BCUT2D eigenvalue weighted by molar-refractivity contribution is 0.136. The lowest BCUT2D eigenvalue weighted by Gasteiger charge is -2.07. The highest BCUT2D eigenvalue weighted by atomic mass is 16.5. The number of hydrogen-bond donors (Lipinski definition) is 1. The Bertz CT molecular complexity index is 147. The molecule has 2 N–H and O–H groups in total. The molecule has 1 fully saturated rings. The fourth-order valence-electron chi connectivity index (χ4n) is 1.68. The summed E-state index contributed by atoms with van der Waals surface area (Å²) >= 11 is 0. The fourth-order valence-corrected chi connectivity index (χ4v) is 1.68. The predicted octanol–water partition coefficient (Wildman–Crippen LogP) is 1.52. The van der Waals surface area contributed by atoms with Gasteiger partial charge in [0.25, 0.3) is 0 Å². The summed E-state index contributed by atoms with van der Waals surface area (Å²) < 4.78 is 4.71. The number of carbonyl (C=O) groups is 1. The molecule has 64 valence electrons. The van der Waals surface area contributed by atoms with Gasteiger partial charge in [-0.1, -0.05) is 13.3 Å². The smallest absolute Gasteiger partial charge is 0.404 e. The minimum Gasteiger partial charge on any atom is -0.449 e. The van der Waals surface area contributed by atoms with Crippen LogP contribution in [0.15, 0.2) is 0 Å². The molecule has 0 saturated heterocycles. The minimum atomic E-state index is -0.649. The van der Waals surface area contributed by atoms with Crippen molar-refractivity contribution >= 4 is 6.09 Å². The third kappa shape index (κ3) is 2.78. The molecule has 1 aliphatic carbocycles. The van der Waals surface area contributed by atoms with E-state index in [0.29, 0.717) is 12.5 Å². The van der Waals surface area contributed by atoms with Crippen molar-refractivity contribution < 1.29 is 9.53 Å². The van der Waals surface area contributed by atoms with E-state index in [0.717, 1.165) is 5.92 Å². The van der Waals surface area contributed by atoms with Gasteiger partial charge in [-0.25, -0.2) is 4.79 Å². The quantitative estimate of drug-likeness (QED) is 0.660. The van der Waals surface area contributed by atoms with Crippen LogP contribution >= 0.6 is 0 Å². The summed E-state index contributed by atoms with van der Waals surface area (Å²) in [7, 11) is 0. The summed E-state index contributed by atoms with van der Waals surface area (Å²) in [5, 5.41) is 0.